The molecule has 32 heavy (non-hydrogen) atoms. The Morgan fingerprint density at radius 2 is 1.16 bits per heavy atom. The first kappa shape index (κ1) is 30.1. The Hall–Kier alpha value is 0.0400. The van der Waals surface area contributed by atoms with E-state index in [1.165, 1.54) is 0 Å². The highest BCUT2D eigenvalue weighted by molar-refractivity contribution is 5.32. The lowest BCUT2D eigenvalue weighted by atomic mass is 10.2. The van der Waals surface area contributed by atoms with Crippen LogP contribution in [0.4, 0.5) is 0 Å². The molecule has 2 N–H and O–H groups in total. The summed E-state index contributed by atoms with van der Waals surface area (Å²) in [6.07, 6.45) is -1.09. The number of ether oxygens (including phenoxy) is 4. The van der Waals surface area contributed by atoms with Crippen LogP contribution in [0.1, 0.15) is 0 Å². The van der Waals surface area contributed by atoms with Crippen molar-refractivity contribution in [3.05, 3.63) is 24.3 Å². The fourth-order valence-electron chi connectivity index (χ4n) is 4.09. The van der Waals surface area contributed by atoms with E-state index in [2.05, 4.69) is 14.1 Å². The van der Waals surface area contributed by atoms with Crippen LogP contribution in [0.2, 0.25) is 0 Å². The molecule has 8 nitrogen and oxygen atoms in total. The Morgan fingerprint density at radius 1 is 0.781 bits per heavy atom. The lowest BCUT2D eigenvalue weighted by molar-refractivity contribution is -0.919. The van der Waals surface area contributed by atoms with Crippen LogP contribution in [-0.2, 0) is 9.47 Å². The molecular weight excluding hydrogens is 642 g/mol. The Labute approximate surface area is 226 Å². The van der Waals surface area contributed by atoms with Crippen molar-refractivity contribution in [3.8, 4) is 11.5 Å². The van der Waals surface area contributed by atoms with Crippen LogP contribution >= 0.6 is 0 Å². The first-order valence-electron chi connectivity index (χ1n) is 10.9. The zero-order valence-electron chi connectivity index (χ0n) is 19.1. The van der Waals surface area contributed by atoms with Gasteiger partial charge in [-0.2, -0.15) is 0 Å². The maximum atomic E-state index is 10.4. The number of likely N-dealkylation sites (N-methyl/N-ethyl adjacent to an activating group) is 2. The van der Waals surface area contributed by atoms with Crippen molar-refractivity contribution in [3.63, 3.8) is 0 Å². The fourth-order valence-corrected chi connectivity index (χ4v) is 4.09. The Bertz CT molecular complexity index is 606. The van der Waals surface area contributed by atoms with Crippen LogP contribution in [0.5, 0.6) is 11.5 Å². The van der Waals surface area contributed by atoms with Gasteiger partial charge in [-0.25, -0.2) is 0 Å². The normalized spacial score (nSPS) is 21.4. The van der Waals surface area contributed by atoms with Gasteiger partial charge in [0.15, 0.2) is 0 Å². The third-order valence-corrected chi connectivity index (χ3v) is 6.10. The average molecular weight is 680 g/mol. The number of rotatable bonds is 10. The smallest absolute Gasteiger partial charge is 0.137 e. The summed E-state index contributed by atoms with van der Waals surface area (Å²) in [6, 6.07) is 7.35. The monoisotopic (exact) mass is 680 g/mol. The molecule has 0 amide bonds. The average Bonchev–Trinajstić information content (AvgIpc) is 2.71. The minimum Gasteiger partial charge on any atom is -1.00 e. The molecule has 0 saturated carbocycles. The van der Waals surface area contributed by atoms with Crippen molar-refractivity contribution in [1.82, 2.24) is 0 Å². The molecule has 0 radical (unpaired) electrons. The number of aliphatic hydroxyl groups is 2. The zero-order valence-corrected chi connectivity index (χ0v) is 23.4. The molecule has 0 aromatic heterocycles. The fraction of sp³-hybridized carbons (Fsp3) is 0.727. The van der Waals surface area contributed by atoms with Crippen LogP contribution in [0, 0.1) is 0 Å². The summed E-state index contributed by atoms with van der Waals surface area (Å²) in [5, 5.41) is 20.8. The van der Waals surface area contributed by atoms with Crippen molar-refractivity contribution in [2.75, 3.05) is 93.0 Å². The summed E-state index contributed by atoms with van der Waals surface area (Å²) in [7, 11) is 4.29. The van der Waals surface area contributed by atoms with Crippen LogP contribution in [-0.4, -0.2) is 124 Å². The molecular formula is C22H38I2N2O6. The molecule has 2 saturated heterocycles. The number of morpholine rings is 2. The molecule has 2 aliphatic heterocycles. The second kappa shape index (κ2) is 14.4. The van der Waals surface area contributed by atoms with Crippen molar-refractivity contribution < 1.29 is 86.1 Å². The summed E-state index contributed by atoms with van der Waals surface area (Å²) in [6.45, 7) is 8.35. The van der Waals surface area contributed by atoms with E-state index in [0.29, 0.717) is 24.6 Å². The van der Waals surface area contributed by atoms with Gasteiger partial charge in [-0.3, -0.25) is 0 Å². The molecule has 10 heteroatoms. The summed E-state index contributed by atoms with van der Waals surface area (Å²) in [4.78, 5) is 0. The largest absolute Gasteiger partial charge is 1.00 e. The summed E-state index contributed by atoms with van der Waals surface area (Å²) in [5.41, 5.74) is 0. The van der Waals surface area contributed by atoms with E-state index in [0.717, 1.165) is 61.6 Å². The number of benzene rings is 1. The highest BCUT2D eigenvalue weighted by Crippen LogP contribution is 2.20. The maximum absolute atomic E-state index is 10.4. The number of aliphatic hydroxyl groups excluding tert-OH is 2. The van der Waals surface area contributed by atoms with Gasteiger partial charge >= 0.3 is 0 Å². The standard InChI is InChI=1S/C22H38N2O6.2HI/c1-23(6-10-27-11-7-23)15-19(25)17-29-21-4-3-5-22(14-21)30-18-20(26)16-24(2)8-12-28-13-9-24;;/h3-5,14,19-20,25-26H,6-13,15-18H2,1-2H3;2*1H/q+2;;/p-2. The summed E-state index contributed by atoms with van der Waals surface area (Å²) >= 11 is 0. The Kier molecular flexibility index (Phi) is 13.6. The molecule has 2 atom stereocenters. The number of halogens is 2. The lowest BCUT2D eigenvalue weighted by Crippen LogP contribution is -3.00. The molecule has 1 aromatic carbocycles. The van der Waals surface area contributed by atoms with Gasteiger partial charge in [0.05, 0.1) is 40.5 Å². The predicted molar refractivity (Wildman–Crippen MR) is 113 cm³/mol. The molecule has 0 bridgehead atoms. The SMILES string of the molecule is C[N+]1(CC(O)COc2cccc(OCC(O)C[N+]3(C)CCOCC3)c2)CCOCC1.[I-].[I-]. The van der Waals surface area contributed by atoms with E-state index in [9.17, 15) is 10.2 Å². The lowest BCUT2D eigenvalue weighted by Gasteiger charge is -2.38. The van der Waals surface area contributed by atoms with E-state index in [4.69, 9.17) is 18.9 Å². The number of quaternary nitrogens is 2. The summed E-state index contributed by atoms with van der Waals surface area (Å²) in [5.74, 6) is 1.30. The number of hydrogen-bond donors (Lipinski definition) is 2. The minimum absolute atomic E-state index is 0. The van der Waals surface area contributed by atoms with Crippen molar-refractivity contribution in [2.45, 2.75) is 12.2 Å². The van der Waals surface area contributed by atoms with E-state index in [1.54, 1.807) is 6.07 Å². The minimum atomic E-state index is -0.544. The summed E-state index contributed by atoms with van der Waals surface area (Å²) < 4.78 is 24.0. The van der Waals surface area contributed by atoms with Crippen molar-refractivity contribution in [1.29, 1.82) is 0 Å². The zero-order chi connectivity index (χ0) is 21.5. The quantitative estimate of drug-likeness (QED) is 0.190. The Balaban J connectivity index is 0.00000256. The van der Waals surface area contributed by atoms with Crippen molar-refractivity contribution >= 4 is 0 Å². The van der Waals surface area contributed by atoms with Crippen molar-refractivity contribution in [2.24, 2.45) is 0 Å². The molecule has 2 fully saturated rings. The first-order valence-corrected chi connectivity index (χ1v) is 10.9. The molecule has 1 aromatic rings. The molecule has 3 rings (SSSR count). The molecule has 2 heterocycles. The van der Waals surface area contributed by atoms with Crippen LogP contribution < -0.4 is 57.4 Å². The highest BCUT2D eigenvalue weighted by atomic mass is 127. The van der Waals surface area contributed by atoms with E-state index in [-0.39, 0.29) is 61.2 Å². The third-order valence-electron chi connectivity index (χ3n) is 6.10. The van der Waals surface area contributed by atoms with Gasteiger partial charge in [0.25, 0.3) is 0 Å². The number of hydrogen-bond acceptors (Lipinski definition) is 6. The van der Waals surface area contributed by atoms with E-state index >= 15 is 0 Å². The predicted octanol–water partition coefficient (Wildman–Crippen LogP) is -5.87. The van der Waals surface area contributed by atoms with Gasteiger partial charge in [0.1, 0.15) is 76.2 Å². The second-order valence-electron chi connectivity index (χ2n) is 9.13. The van der Waals surface area contributed by atoms with Crippen LogP contribution in [0.15, 0.2) is 24.3 Å². The molecule has 186 valence electrons. The van der Waals surface area contributed by atoms with E-state index < -0.39 is 12.2 Å². The van der Waals surface area contributed by atoms with Crippen LogP contribution in [0.25, 0.3) is 0 Å². The van der Waals surface area contributed by atoms with Gasteiger partial charge in [0.2, 0.25) is 0 Å². The van der Waals surface area contributed by atoms with E-state index in [1.807, 2.05) is 18.2 Å². The third kappa shape index (κ3) is 10.1. The first-order chi connectivity index (χ1) is 14.4. The second-order valence-corrected chi connectivity index (χ2v) is 9.13. The van der Waals surface area contributed by atoms with Gasteiger partial charge in [-0.05, 0) is 12.1 Å². The molecule has 0 aliphatic carbocycles. The Morgan fingerprint density at radius 3 is 1.53 bits per heavy atom. The van der Waals surface area contributed by atoms with Gasteiger partial charge in [0, 0.05) is 6.07 Å². The van der Waals surface area contributed by atoms with Crippen LogP contribution in [0.3, 0.4) is 0 Å². The topological polar surface area (TPSA) is 77.4 Å². The highest BCUT2D eigenvalue weighted by Gasteiger charge is 2.29. The van der Waals surface area contributed by atoms with Gasteiger partial charge < -0.3 is 86.1 Å². The molecule has 2 aliphatic rings. The van der Waals surface area contributed by atoms with Gasteiger partial charge in [-0.15, -0.1) is 0 Å². The molecule has 2 unspecified atom stereocenters. The maximum Gasteiger partial charge on any atom is 0.137 e. The molecule has 0 spiro atoms. The van der Waals surface area contributed by atoms with Gasteiger partial charge in [-0.1, -0.05) is 6.07 Å². The number of nitrogens with zero attached hydrogens (tertiary/aromatic N) is 2.